The van der Waals surface area contributed by atoms with E-state index in [-0.39, 0.29) is 5.41 Å². The first-order valence-corrected chi connectivity index (χ1v) is 8.59. The number of aromatic nitrogens is 6. The first-order valence-electron chi connectivity index (χ1n) is 8.59. The van der Waals surface area contributed by atoms with Crippen molar-refractivity contribution in [1.29, 1.82) is 0 Å². The summed E-state index contributed by atoms with van der Waals surface area (Å²) in [6, 6.07) is 3.92. The zero-order valence-electron chi connectivity index (χ0n) is 15.0. The highest BCUT2D eigenvalue weighted by Crippen LogP contribution is 2.25. The van der Waals surface area contributed by atoms with Crippen LogP contribution < -0.4 is 10.2 Å². The van der Waals surface area contributed by atoms with Crippen LogP contribution in [0, 0.1) is 11.7 Å². The van der Waals surface area contributed by atoms with Gasteiger partial charge < -0.3 is 10.2 Å². The van der Waals surface area contributed by atoms with Gasteiger partial charge in [0, 0.05) is 31.0 Å². The molecule has 0 amide bonds. The Labute approximate surface area is 150 Å². The van der Waals surface area contributed by atoms with Crippen molar-refractivity contribution in [3.8, 4) is 0 Å². The summed E-state index contributed by atoms with van der Waals surface area (Å²) in [5, 5.41) is 16.3. The van der Waals surface area contributed by atoms with Crippen LogP contribution in [0.5, 0.6) is 0 Å². The minimum atomic E-state index is -0.435. The van der Waals surface area contributed by atoms with Gasteiger partial charge in [-0.1, -0.05) is 20.8 Å². The van der Waals surface area contributed by atoms with Crippen LogP contribution in [0.2, 0.25) is 0 Å². The summed E-state index contributed by atoms with van der Waals surface area (Å²) in [5.41, 5.74) is 0.632. The zero-order chi connectivity index (χ0) is 18.3. The van der Waals surface area contributed by atoms with Crippen LogP contribution in [-0.4, -0.2) is 49.4 Å². The quantitative estimate of drug-likeness (QED) is 0.764. The largest absolute Gasteiger partial charge is 0.354 e. The van der Waals surface area contributed by atoms with Crippen molar-refractivity contribution in [2.75, 3.05) is 29.9 Å². The maximum atomic E-state index is 12.8. The minimum absolute atomic E-state index is 0.123. The van der Waals surface area contributed by atoms with Crippen molar-refractivity contribution in [2.45, 2.75) is 26.2 Å². The first-order chi connectivity index (χ1) is 12.4. The van der Waals surface area contributed by atoms with Crippen molar-refractivity contribution in [3.05, 3.63) is 36.2 Å². The molecule has 1 aliphatic rings. The Balaban J connectivity index is 1.40. The molecule has 1 fully saturated rings. The summed E-state index contributed by atoms with van der Waals surface area (Å²) in [5.74, 6) is 2.24. The van der Waals surface area contributed by atoms with Crippen LogP contribution in [0.1, 0.15) is 26.6 Å². The molecule has 4 heterocycles. The molecule has 0 spiro atoms. The van der Waals surface area contributed by atoms with Crippen molar-refractivity contribution in [3.63, 3.8) is 0 Å². The number of rotatable bonds is 4. The molecule has 136 valence electrons. The van der Waals surface area contributed by atoms with Crippen LogP contribution >= 0.6 is 0 Å². The molecule has 0 aromatic carbocycles. The molecule has 1 saturated heterocycles. The van der Waals surface area contributed by atoms with E-state index < -0.39 is 5.82 Å². The lowest BCUT2D eigenvalue weighted by molar-refractivity contribution is 0.423. The van der Waals surface area contributed by atoms with Crippen LogP contribution in [0.25, 0.3) is 5.65 Å². The molecule has 3 aromatic rings. The van der Waals surface area contributed by atoms with E-state index in [0.717, 1.165) is 49.3 Å². The molecule has 4 rings (SSSR count). The van der Waals surface area contributed by atoms with Crippen LogP contribution in [-0.2, 0) is 5.41 Å². The van der Waals surface area contributed by atoms with Gasteiger partial charge in [-0.2, -0.15) is 4.52 Å². The van der Waals surface area contributed by atoms with E-state index in [1.54, 1.807) is 0 Å². The number of nitrogens with one attached hydrogen (secondary N) is 1. The average molecular weight is 356 g/mol. The molecule has 9 heteroatoms. The van der Waals surface area contributed by atoms with Gasteiger partial charge in [0.2, 0.25) is 5.95 Å². The Hall–Kier alpha value is -2.84. The molecular weight excluding hydrogens is 335 g/mol. The molecule has 0 aliphatic carbocycles. The summed E-state index contributed by atoms with van der Waals surface area (Å²) in [7, 11) is 0. The van der Waals surface area contributed by atoms with Gasteiger partial charge in [0.05, 0.1) is 12.4 Å². The summed E-state index contributed by atoms with van der Waals surface area (Å²) >= 11 is 0. The predicted molar refractivity (Wildman–Crippen MR) is 95.7 cm³/mol. The molecule has 0 saturated carbocycles. The van der Waals surface area contributed by atoms with Crippen molar-refractivity contribution < 1.29 is 4.39 Å². The Morgan fingerprint density at radius 2 is 1.88 bits per heavy atom. The lowest BCUT2D eigenvalue weighted by atomic mass is 9.96. The molecule has 0 unspecified atom stereocenters. The number of halogens is 1. The maximum absolute atomic E-state index is 12.8. The highest BCUT2D eigenvalue weighted by molar-refractivity contribution is 5.48. The molecule has 26 heavy (non-hydrogen) atoms. The second-order valence-electron chi connectivity index (χ2n) is 7.61. The third-order valence-electron chi connectivity index (χ3n) is 4.37. The van der Waals surface area contributed by atoms with Gasteiger partial charge in [-0.15, -0.1) is 15.3 Å². The topological polar surface area (TPSA) is 84.1 Å². The number of hydrogen-bond donors (Lipinski definition) is 1. The summed E-state index contributed by atoms with van der Waals surface area (Å²) < 4.78 is 14.6. The number of anilines is 2. The lowest BCUT2D eigenvalue weighted by Crippen LogP contribution is -2.50. The fourth-order valence-electron chi connectivity index (χ4n) is 2.94. The standard InChI is InChI=1S/C17H21FN8/c1-17(2,3)15-23-22-13-4-5-14(24-26(13)15)25-9-11(10-25)6-19-16-20-7-12(18)8-21-16/h4-5,7-8,11H,6,9-10H2,1-3H3,(H,19,20,21). The second kappa shape index (κ2) is 6.15. The van der Waals surface area contributed by atoms with E-state index in [1.165, 1.54) is 0 Å². The van der Waals surface area contributed by atoms with Crippen molar-refractivity contribution >= 4 is 17.4 Å². The molecule has 0 atom stereocenters. The normalized spacial score (nSPS) is 15.3. The summed E-state index contributed by atoms with van der Waals surface area (Å²) in [4.78, 5) is 10.0. The van der Waals surface area contributed by atoms with Crippen molar-refractivity contribution in [2.24, 2.45) is 5.92 Å². The average Bonchev–Trinajstić information content (AvgIpc) is 2.98. The fraction of sp³-hybridized carbons (Fsp3) is 0.471. The van der Waals surface area contributed by atoms with E-state index >= 15 is 0 Å². The molecular formula is C17H21FN8. The van der Waals surface area contributed by atoms with E-state index in [2.05, 4.69) is 51.2 Å². The van der Waals surface area contributed by atoms with E-state index in [9.17, 15) is 4.39 Å². The Kier molecular flexibility index (Phi) is 3.93. The number of hydrogen-bond acceptors (Lipinski definition) is 7. The lowest BCUT2D eigenvalue weighted by Gasteiger charge is -2.40. The van der Waals surface area contributed by atoms with Crippen LogP contribution in [0.4, 0.5) is 16.2 Å². The van der Waals surface area contributed by atoms with Gasteiger partial charge in [-0.25, -0.2) is 14.4 Å². The molecule has 1 aliphatic heterocycles. The third-order valence-corrected chi connectivity index (χ3v) is 4.37. The van der Waals surface area contributed by atoms with Gasteiger partial charge in [0.15, 0.2) is 17.3 Å². The SMILES string of the molecule is CC(C)(C)c1nnc2ccc(N3CC(CNc4ncc(F)cn4)C3)nn12. The predicted octanol–water partition coefficient (Wildman–Crippen LogP) is 1.90. The van der Waals surface area contributed by atoms with Gasteiger partial charge in [0.1, 0.15) is 5.82 Å². The second-order valence-corrected chi connectivity index (χ2v) is 7.61. The van der Waals surface area contributed by atoms with E-state index in [1.807, 2.05) is 16.6 Å². The third kappa shape index (κ3) is 3.16. The molecule has 1 N–H and O–H groups in total. The molecule has 0 radical (unpaired) electrons. The Morgan fingerprint density at radius 1 is 1.15 bits per heavy atom. The Bertz CT molecular complexity index is 909. The molecule has 8 nitrogen and oxygen atoms in total. The first kappa shape index (κ1) is 16.6. The van der Waals surface area contributed by atoms with Crippen LogP contribution in [0.15, 0.2) is 24.5 Å². The number of nitrogens with zero attached hydrogens (tertiary/aromatic N) is 7. The fourth-order valence-corrected chi connectivity index (χ4v) is 2.94. The summed E-state index contributed by atoms with van der Waals surface area (Å²) in [6.07, 6.45) is 2.32. The van der Waals surface area contributed by atoms with Crippen molar-refractivity contribution in [1.82, 2.24) is 29.8 Å². The van der Waals surface area contributed by atoms with Gasteiger partial charge in [-0.3, -0.25) is 0 Å². The van der Waals surface area contributed by atoms with Crippen LogP contribution in [0.3, 0.4) is 0 Å². The van der Waals surface area contributed by atoms with E-state index in [4.69, 9.17) is 5.10 Å². The van der Waals surface area contributed by atoms with Gasteiger partial charge >= 0.3 is 0 Å². The zero-order valence-corrected chi connectivity index (χ0v) is 15.0. The summed E-state index contributed by atoms with van der Waals surface area (Å²) in [6.45, 7) is 8.81. The molecule has 3 aromatic heterocycles. The maximum Gasteiger partial charge on any atom is 0.222 e. The van der Waals surface area contributed by atoms with Gasteiger partial charge in [-0.05, 0) is 12.1 Å². The smallest absolute Gasteiger partial charge is 0.222 e. The highest BCUT2D eigenvalue weighted by Gasteiger charge is 2.29. The highest BCUT2D eigenvalue weighted by atomic mass is 19.1. The minimum Gasteiger partial charge on any atom is -0.354 e. The van der Waals surface area contributed by atoms with E-state index in [0.29, 0.717) is 11.9 Å². The van der Waals surface area contributed by atoms with Gasteiger partial charge in [0.25, 0.3) is 0 Å². The Morgan fingerprint density at radius 3 is 2.58 bits per heavy atom. The number of fused-ring (bicyclic) bond motifs is 1. The monoisotopic (exact) mass is 356 g/mol. The molecule has 0 bridgehead atoms.